The highest BCUT2D eigenvalue weighted by Crippen LogP contribution is 2.05. The molecule has 0 spiro atoms. The molecule has 4 heteroatoms. The number of benzene rings is 1. The van der Waals surface area contributed by atoms with Crippen molar-refractivity contribution < 1.29 is 4.79 Å². The molecule has 0 saturated heterocycles. The molecule has 1 amide bonds. The molecule has 0 aliphatic heterocycles. The van der Waals surface area contributed by atoms with E-state index in [0.29, 0.717) is 6.54 Å². The molecule has 0 fully saturated rings. The summed E-state index contributed by atoms with van der Waals surface area (Å²) in [5.74, 6) is 0.213. The second-order valence-electron chi connectivity index (χ2n) is 5.70. The highest BCUT2D eigenvalue weighted by molar-refractivity contribution is 5.78. The first kappa shape index (κ1) is 17.7. The fourth-order valence-corrected chi connectivity index (χ4v) is 2.26. The number of nitrogens with two attached hydrogens (primary N) is 1. The van der Waals surface area contributed by atoms with Gasteiger partial charge in [-0.15, -0.1) is 0 Å². The van der Waals surface area contributed by atoms with Gasteiger partial charge < -0.3 is 16.0 Å². The Bertz CT molecular complexity index is 394. The number of hydrogen-bond acceptors (Lipinski definition) is 3. The minimum Gasteiger partial charge on any atom is -0.356 e. The molecule has 1 aromatic rings. The first-order chi connectivity index (χ1) is 10.1. The largest absolute Gasteiger partial charge is 0.356 e. The molecule has 1 atom stereocenters. The summed E-state index contributed by atoms with van der Waals surface area (Å²) in [5.41, 5.74) is 6.78. The van der Waals surface area contributed by atoms with Gasteiger partial charge in [-0.25, -0.2) is 0 Å². The van der Waals surface area contributed by atoms with Crippen molar-refractivity contribution in [3.05, 3.63) is 35.9 Å². The van der Waals surface area contributed by atoms with Crippen LogP contribution in [-0.2, 0) is 11.3 Å². The number of nitrogens with one attached hydrogen (secondary N) is 1. The van der Waals surface area contributed by atoms with Crippen LogP contribution in [0.3, 0.4) is 0 Å². The van der Waals surface area contributed by atoms with Crippen LogP contribution in [0.5, 0.6) is 0 Å². The predicted molar refractivity (Wildman–Crippen MR) is 87.9 cm³/mol. The topological polar surface area (TPSA) is 58.4 Å². The number of nitrogens with zero attached hydrogens (tertiary/aromatic N) is 1. The number of carbonyl (C=O) groups excluding carboxylic acids is 1. The minimum absolute atomic E-state index is 0.0654. The third kappa shape index (κ3) is 7.83. The van der Waals surface area contributed by atoms with Gasteiger partial charge in [0.25, 0.3) is 0 Å². The van der Waals surface area contributed by atoms with Crippen molar-refractivity contribution in [3.8, 4) is 0 Å². The van der Waals surface area contributed by atoms with Gasteiger partial charge in [0.1, 0.15) is 0 Å². The number of rotatable bonds is 10. The first-order valence-electron chi connectivity index (χ1n) is 7.83. The average molecular weight is 291 g/mol. The second kappa shape index (κ2) is 10.4. The molecule has 0 aliphatic carbocycles. The van der Waals surface area contributed by atoms with Gasteiger partial charge in [-0.05, 0) is 45.0 Å². The van der Waals surface area contributed by atoms with E-state index < -0.39 is 0 Å². The van der Waals surface area contributed by atoms with E-state index >= 15 is 0 Å². The second-order valence-corrected chi connectivity index (χ2v) is 5.70. The van der Waals surface area contributed by atoms with E-state index in [4.69, 9.17) is 5.73 Å². The van der Waals surface area contributed by atoms with Crippen molar-refractivity contribution in [2.75, 3.05) is 26.7 Å². The molecule has 1 unspecified atom stereocenters. The number of amides is 1. The number of hydrogen-bond donors (Lipinski definition) is 2. The lowest BCUT2D eigenvalue weighted by Crippen LogP contribution is -2.32. The Balaban J connectivity index is 2.11. The van der Waals surface area contributed by atoms with E-state index in [0.717, 1.165) is 38.9 Å². The highest BCUT2D eigenvalue weighted by Gasteiger charge is 2.11. The summed E-state index contributed by atoms with van der Waals surface area (Å²) in [7, 11) is 2.11. The van der Waals surface area contributed by atoms with Gasteiger partial charge in [0.05, 0.1) is 0 Å². The van der Waals surface area contributed by atoms with E-state index in [1.54, 1.807) is 0 Å². The Labute approximate surface area is 128 Å². The molecule has 118 valence electrons. The normalized spacial score (nSPS) is 12.4. The molecule has 0 aliphatic rings. The molecule has 1 rings (SSSR count). The molecule has 0 radical (unpaired) electrons. The molecule has 3 N–H and O–H groups in total. The third-order valence-electron chi connectivity index (χ3n) is 3.60. The highest BCUT2D eigenvalue weighted by atomic mass is 16.1. The summed E-state index contributed by atoms with van der Waals surface area (Å²) >= 11 is 0. The van der Waals surface area contributed by atoms with Crippen LogP contribution in [0.1, 0.15) is 31.7 Å². The molecule has 1 aromatic carbocycles. The lowest BCUT2D eigenvalue weighted by molar-refractivity contribution is -0.124. The van der Waals surface area contributed by atoms with Gasteiger partial charge in [-0.1, -0.05) is 37.3 Å². The lowest BCUT2D eigenvalue weighted by Gasteiger charge is -2.17. The molecule has 4 nitrogen and oxygen atoms in total. The fraction of sp³-hybridized carbons (Fsp3) is 0.588. The summed E-state index contributed by atoms with van der Waals surface area (Å²) in [4.78, 5) is 14.1. The Hall–Kier alpha value is -1.39. The van der Waals surface area contributed by atoms with Crippen molar-refractivity contribution in [1.29, 1.82) is 0 Å². The van der Waals surface area contributed by atoms with Gasteiger partial charge in [0.2, 0.25) is 5.91 Å². The molecule has 21 heavy (non-hydrogen) atoms. The van der Waals surface area contributed by atoms with Gasteiger partial charge >= 0.3 is 0 Å². The first-order valence-corrected chi connectivity index (χ1v) is 7.83. The van der Waals surface area contributed by atoms with E-state index in [2.05, 4.69) is 41.5 Å². The van der Waals surface area contributed by atoms with E-state index in [-0.39, 0.29) is 11.8 Å². The zero-order valence-corrected chi connectivity index (χ0v) is 13.3. The van der Waals surface area contributed by atoms with Crippen LogP contribution < -0.4 is 11.1 Å². The molecule has 0 bridgehead atoms. The summed E-state index contributed by atoms with van der Waals surface area (Å²) in [6.45, 7) is 5.29. The van der Waals surface area contributed by atoms with E-state index in [9.17, 15) is 4.79 Å². The molecular weight excluding hydrogens is 262 g/mol. The Morgan fingerprint density at radius 1 is 1.29 bits per heavy atom. The summed E-state index contributed by atoms with van der Waals surface area (Å²) < 4.78 is 0. The van der Waals surface area contributed by atoms with Crippen LogP contribution >= 0.6 is 0 Å². The van der Waals surface area contributed by atoms with Crippen molar-refractivity contribution in [2.24, 2.45) is 11.7 Å². The molecule has 0 heterocycles. The van der Waals surface area contributed by atoms with Gasteiger partial charge in [0, 0.05) is 19.0 Å². The van der Waals surface area contributed by atoms with Crippen molar-refractivity contribution in [1.82, 2.24) is 10.2 Å². The maximum absolute atomic E-state index is 11.8. The summed E-state index contributed by atoms with van der Waals surface area (Å²) in [6, 6.07) is 10.4. The smallest absolute Gasteiger partial charge is 0.222 e. The predicted octanol–water partition coefficient (Wildman–Crippen LogP) is 2.00. The van der Waals surface area contributed by atoms with E-state index in [1.807, 2.05) is 13.0 Å². The maximum Gasteiger partial charge on any atom is 0.222 e. The van der Waals surface area contributed by atoms with Gasteiger partial charge in [-0.3, -0.25) is 4.79 Å². The Kier molecular flexibility index (Phi) is 8.71. The van der Waals surface area contributed by atoms with Crippen LogP contribution in [0, 0.1) is 5.92 Å². The molecule has 0 aromatic heterocycles. The summed E-state index contributed by atoms with van der Waals surface area (Å²) in [6.07, 6.45) is 2.75. The fourth-order valence-electron chi connectivity index (χ4n) is 2.26. The van der Waals surface area contributed by atoms with Crippen LogP contribution in [0.4, 0.5) is 0 Å². The van der Waals surface area contributed by atoms with E-state index in [1.165, 1.54) is 5.56 Å². The van der Waals surface area contributed by atoms with Gasteiger partial charge in [0.15, 0.2) is 0 Å². The maximum atomic E-state index is 11.8. The van der Waals surface area contributed by atoms with Crippen molar-refractivity contribution in [3.63, 3.8) is 0 Å². The minimum atomic E-state index is 0.0654. The van der Waals surface area contributed by atoms with Crippen LogP contribution in [0.2, 0.25) is 0 Å². The number of carbonyl (C=O) groups is 1. The van der Waals surface area contributed by atoms with Crippen LogP contribution in [0.15, 0.2) is 30.3 Å². The quantitative estimate of drug-likeness (QED) is 0.648. The average Bonchev–Trinajstić information content (AvgIpc) is 2.49. The SMILES string of the molecule is CC(CCCN)C(=O)NCCCN(C)Cc1ccccc1. The zero-order chi connectivity index (χ0) is 15.5. The van der Waals surface area contributed by atoms with Crippen LogP contribution in [0.25, 0.3) is 0 Å². The molecule has 0 saturated carbocycles. The Morgan fingerprint density at radius 2 is 2.00 bits per heavy atom. The molecular formula is C17H29N3O. The zero-order valence-electron chi connectivity index (χ0n) is 13.3. The lowest BCUT2D eigenvalue weighted by atomic mass is 10.1. The van der Waals surface area contributed by atoms with Crippen molar-refractivity contribution >= 4 is 5.91 Å². The summed E-state index contributed by atoms with van der Waals surface area (Å²) in [5, 5.41) is 3.00. The van der Waals surface area contributed by atoms with Crippen LogP contribution in [-0.4, -0.2) is 37.5 Å². The third-order valence-corrected chi connectivity index (χ3v) is 3.60. The van der Waals surface area contributed by atoms with Gasteiger partial charge in [-0.2, -0.15) is 0 Å². The standard InChI is InChI=1S/C17H29N3O/c1-15(8-6-11-18)17(21)19-12-7-13-20(2)14-16-9-4-3-5-10-16/h3-5,9-10,15H,6-8,11-14,18H2,1-2H3,(H,19,21). The van der Waals surface area contributed by atoms with Crippen molar-refractivity contribution in [2.45, 2.75) is 32.7 Å². The monoisotopic (exact) mass is 291 g/mol. The Morgan fingerprint density at radius 3 is 2.67 bits per heavy atom.